The molecule has 2 aromatic rings. The summed E-state index contributed by atoms with van der Waals surface area (Å²) in [5.74, 6) is -2.28. The number of carbonyl (C=O) groups is 5. The summed E-state index contributed by atoms with van der Waals surface area (Å²) in [5, 5.41) is 4.14. The second-order valence-corrected chi connectivity index (χ2v) is 7.83. The number of nitrogens with zero attached hydrogens (tertiary/aromatic N) is 1. The van der Waals surface area contributed by atoms with Crippen molar-refractivity contribution >= 4 is 51.7 Å². The fourth-order valence-electron chi connectivity index (χ4n) is 2.86. The summed E-state index contributed by atoms with van der Waals surface area (Å²) in [5.41, 5.74) is 3.71. The summed E-state index contributed by atoms with van der Waals surface area (Å²) in [7, 11) is 0. The van der Waals surface area contributed by atoms with Crippen molar-refractivity contribution < 1.29 is 33.4 Å². The largest absolute Gasteiger partial charge is 0.462 e. The zero-order chi connectivity index (χ0) is 23.3. The fourth-order valence-corrected chi connectivity index (χ4v) is 3.84. The Hall–Kier alpha value is -3.73. The van der Waals surface area contributed by atoms with Gasteiger partial charge in [-0.2, -0.15) is 0 Å². The van der Waals surface area contributed by atoms with E-state index in [0.29, 0.717) is 21.1 Å². The molecule has 0 atom stereocenters. The van der Waals surface area contributed by atoms with Gasteiger partial charge in [-0.05, 0) is 49.7 Å². The van der Waals surface area contributed by atoms with E-state index in [-0.39, 0.29) is 36.8 Å². The van der Waals surface area contributed by atoms with Crippen LogP contribution >= 0.6 is 11.3 Å². The number of amides is 3. The number of nitrogens with one attached hydrogen (secondary N) is 2. The third-order valence-corrected chi connectivity index (χ3v) is 5.52. The highest BCUT2D eigenvalue weighted by molar-refractivity contribution is 7.18. The maximum absolute atomic E-state index is 12.2. The molecule has 1 saturated heterocycles. The maximum Gasteiger partial charge on any atom is 0.348 e. The SMILES string of the molecule is CCOC(=O)c1sc(NC(=O)COC(=O)c2ccc(N3NC(=O)CCC3=O)cc2)cc1C. The Labute approximate surface area is 187 Å². The Balaban J connectivity index is 1.53. The van der Waals surface area contributed by atoms with Crippen LogP contribution in [0, 0.1) is 6.92 Å². The summed E-state index contributed by atoms with van der Waals surface area (Å²) in [6.45, 7) is 3.16. The van der Waals surface area contributed by atoms with Gasteiger partial charge in [-0.15, -0.1) is 11.3 Å². The zero-order valence-corrected chi connectivity index (χ0v) is 18.2. The van der Waals surface area contributed by atoms with Gasteiger partial charge in [0, 0.05) is 12.8 Å². The summed E-state index contributed by atoms with van der Waals surface area (Å²) in [4.78, 5) is 60.0. The molecule has 0 bridgehead atoms. The minimum absolute atomic E-state index is 0.107. The Morgan fingerprint density at radius 1 is 1.09 bits per heavy atom. The lowest BCUT2D eigenvalue weighted by molar-refractivity contribution is -0.130. The number of esters is 2. The highest BCUT2D eigenvalue weighted by atomic mass is 32.1. The number of hydrogen-bond donors (Lipinski definition) is 2. The van der Waals surface area contributed by atoms with E-state index in [1.165, 1.54) is 24.3 Å². The quantitative estimate of drug-likeness (QED) is 0.607. The monoisotopic (exact) mass is 459 g/mol. The molecule has 3 amide bonds. The van der Waals surface area contributed by atoms with Crippen molar-refractivity contribution in [2.24, 2.45) is 0 Å². The molecule has 0 aliphatic carbocycles. The first kappa shape index (κ1) is 22.9. The molecule has 0 radical (unpaired) electrons. The van der Waals surface area contributed by atoms with Crippen LogP contribution in [0.5, 0.6) is 0 Å². The standard InChI is InChI=1S/C21H21N3O7S/c1-3-30-21(29)19-12(2)10-17(32-19)22-16(26)11-31-20(28)13-4-6-14(7-5-13)24-18(27)9-8-15(25)23-24/h4-7,10H,3,8-9,11H2,1-2H3,(H,22,26)(H,23,25). The molecule has 168 valence electrons. The number of anilines is 2. The molecule has 3 rings (SSSR count). The molecule has 1 fully saturated rings. The third kappa shape index (κ3) is 5.49. The maximum atomic E-state index is 12.2. The van der Waals surface area contributed by atoms with E-state index in [1.807, 2.05) is 0 Å². The van der Waals surface area contributed by atoms with Gasteiger partial charge in [-0.3, -0.25) is 19.8 Å². The first-order valence-electron chi connectivity index (χ1n) is 9.75. The average Bonchev–Trinajstić information content (AvgIpc) is 3.14. The van der Waals surface area contributed by atoms with Gasteiger partial charge in [0.2, 0.25) is 11.8 Å². The smallest absolute Gasteiger partial charge is 0.348 e. The van der Waals surface area contributed by atoms with Crippen LogP contribution in [-0.2, 0) is 23.9 Å². The van der Waals surface area contributed by atoms with E-state index < -0.39 is 24.5 Å². The molecule has 1 aromatic heterocycles. The number of rotatable bonds is 7. The Morgan fingerprint density at radius 3 is 2.50 bits per heavy atom. The lowest BCUT2D eigenvalue weighted by Crippen LogP contribution is -2.50. The number of ether oxygens (including phenoxy) is 2. The Kier molecular flexibility index (Phi) is 7.21. The fraction of sp³-hybridized carbons (Fsp3) is 0.286. The van der Waals surface area contributed by atoms with Crippen molar-refractivity contribution in [2.45, 2.75) is 26.7 Å². The van der Waals surface area contributed by atoms with Crippen LogP contribution in [-0.4, -0.2) is 42.9 Å². The second-order valence-electron chi connectivity index (χ2n) is 6.78. The van der Waals surface area contributed by atoms with E-state index in [1.54, 1.807) is 19.9 Å². The van der Waals surface area contributed by atoms with Crippen molar-refractivity contribution in [3.63, 3.8) is 0 Å². The van der Waals surface area contributed by atoms with Crippen LogP contribution in [0.4, 0.5) is 10.7 Å². The van der Waals surface area contributed by atoms with Gasteiger partial charge in [0.15, 0.2) is 6.61 Å². The van der Waals surface area contributed by atoms with Gasteiger partial charge in [0.25, 0.3) is 5.91 Å². The van der Waals surface area contributed by atoms with E-state index in [0.717, 1.165) is 16.3 Å². The molecule has 2 N–H and O–H groups in total. The molecule has 2 heterocycles. The van der Waals surface area contributed by atoms with Crippen molar-refractivity contribution in [1.82, 2.24) is 5.43 Å². The summed E-state index contributed by atoms with van der Waals surface area (Å²) in [6.07, 6.45) is 0.243. The molecule has 0 spiro atoms. The minimum atomic E-state index is -0.727. The first-order chi connectivity index (χ1) is 15.3. The van der Waals surface area contributed by atoms with E-state index in [4.69, 9.17) is 9.47 Å². The van der Waals surface area contributed by atoms with Crippen LogP contribution in [0.25, 0.3) is 0 Å². The van der Waals surface area contributed by atoms with Crippen LogP contribution < -0.4 is 15.8 Å². The molecule has 1 aromatic carbocycles. The van der Waals surface area contributed by atoms with Crippen LogP contribution in [0.2, 0.25) is 0 Å². The van der Waals surface area contributed by atoms with Gasteiger partial charge in [-0.25, -0.2) is 14.6 Å². The third-order valence-electron chi connectivity index (χ3n) is 4.39. The summed E-state index contributed by atoms with van der Waals surface area (Å²) >= 11 is 1.07. The summed E-state index contributed by atoms with van der Waals surface area (Å²) in [6, 6.07) is 7.47. The normalized spacial score (nSPS) is 13.4. The first-order valence-corrected chi connectivity index (χ1v) is 10.6. The van der Waals surface area contributed by atoms with Gasteiger partial charge < -0.3 is 14.8 Å². The summed E-state index contributed by atoms with van der Waals surface area (Å²) < 4.78 is 9.98. The topological polar surface area (TPSA) is 131 Å². The Morgan fingerprint density at radius 2 is 1.81 bits per heavy atom. The van der Waals surface area contributed by atoms with Crippen LogP contribution in [0.15, 0.2) is 30.3 Å². The molecule has 10 nitrogen and oxygen atoms in total. The lowest BCUT2D eigenvalue weighted by Gasteiger charge is -2.27. The molecule has 32 heavy (non-hydrogen) atoms. The van der Waals surface area contributed by atoms with Crippen molar-refractivity contribution in [2.75, 3.05) is 23.5 Å². The van der Waals surface area contributed by atoms with Crippen molar-refractivity contribution in [3.05, 3.63) is 46.3 Å². The number of hydrogen-bond acceptors (Lipinski definition) is 8. The lowest BCUT2D eigenvalue weighted by atomic mass is 10.2. The zero-order valence-electron chi connectivity index (χ0n) is 17.4. The number of aryl methyl sites for hydroxylation is 1. The highest BCUT2D eigenvalue weighted by Crippen LogP contribution is 2.27. The van der Waals surface area contributed by atoms with E-state index in [9.17, 15) is 24.0 Å². The predicted octanol–water partition coefficient (Wildman–Crippen LogP) is 2.19. The molecular weight excluding hydrogens is 438 g/mol. The minimum Gasteiger partial charge on any atom is -0.462 e. The molecule has 11 heteroatoms. The van der Waals surface area contributed by atoms with Crippen LogP contribution in [0.3, 0.4) is 0 Å². The van der Waals surface area contributed by atoms with E-state index in [2.05, 4.69) is 10.7 Å². The van der Waals surface area contributed by atoms with Gasteiger partial charge in [0.05, 0.1) is 22.9 Å². The van der Waals surface area contributed by atoms with Gasteiger partial charge in [-0.1, -0.05) is 0 Å². The number of carbonyl (C=O) groups excluding carboxylic acids is 5. The van der Waals surface area contributed by atoms with Crippen molar-refractivity contribution in [3.8, 4) is 0 Å². The highest BCUT2D eigenvalue weighted by Gasteiger charge is 2.24. The molecule has 1 aliphatic heterocycles. The predicted molar refractivity (Wildman–Crippen MR) is 115 cm³/mol. The molecule has 0 unspecified atom stereocenters. The number of benzene rings is 1. The molecular formula is C21H21N3O7S. The van der Waals surface area contributed by atoms with Crippen molar-refractivity contribution in [1.29, 1.82) is 0 Å². The average molecular weight is 459 g/mol. The number of hydrazine groups is 1. The molecule has 0 saturated carbocycles. The Bertz CT molecular complexity index is 1060. The van der Waals surface area contributed by atoms with E-state index >= 15 is 0 Å². The van der Waals surface area contributed by atoms with Crippen LogP contribution in [0.1, 0.15) is 45.4 Å². The number of thiophene rings is 1. The van der Waals surface area contributed by atoms with Gasteiger partial charge >= 0.3 is 11.9 Å². The molecule has 1 aliphatic rings. The second kappa shape index (κ2) is 10.1. The van der Waals surface area contributed by atoms with Gasteiger partial charge in [0.1, 0.15) is 4.88 Å².